The molecule has 0 saturated carbocycles. The standard InChI is InChI=1S/C12H11ClN4S/c1-7(10-3-4-11(13)18-10)16-12-5-2-8(15)9(6-14)17-12/h2-5,7H,15H2,1H3,(H,16,17). The Morgan fingerprint density at radius 3 is 2.83 bits per heavy atom. The molecule has 1 unspecified atom stereocenters. The van der Waals surface area contributed by atoms with Gasteiger partial charge in [0.2, 0.25) is 0 Å². The Balaban J connectivity index is 2.17. The first kappa shape index (κ1) is 12.7. The number of pyridine rings is 1. The predicted molar refractivity (Wildman–Crippen MR) is 74.7 cm³/mol. The second kappa shape index (κ2) is 5.25. The molecule has 0 radical (unpaired) electrons. The van der Waals surface area contributed by atoms with Crippen molar-refractivity contribution in [1.82, 2.24) is 4.98 Å². The van der Waals surface area contributed by atoms with Gasteiger partial charge >= 0.3 is 0 Å². The Morgan fingerprint density at radius 2 is 2.22 bits per heavy atom. The maximum atomic E-state index is 8.86. The molecule has 92 valence electrons. The van der Waals surface area contributed by atoms with Gasteiger partial charge in [0.05, 0.1) is 16.1 Å². The van der Waals surface area contributed by atoms with E-state index in [1.54, 1.807) is 12.1 Å². The van der Waals surface area contributed by atoms with Gasteiger partial charge in [-0.05, 0) is 31.2 Å². The molecule has 0 aliphatic carbocycles. The average Bonchev–Trinajstić information content (AvgIpc) is 2.78. The molecule has 4 nitrogen and oxygen atoms in total. The van der Waals surface area contributed by atoms with Gasteiger partial charge in [-0.1, -0.05) is 11.6 Å². The summed E-state index contributed by atoms with van der Waals surface area (Å²) < 4.78 is 0.752. The monoisotopic (exact) mass is 278 g/mol. The van der Waals surface area contributed by atoms with Gasteiger partial charge in [0.15, 0.2) is 5.69 Å². The van der Waals surface area contributed by atoms with Crippen LogP contribution in [0, 0.1) is 11.3 Å². The molecule has 18 heavy (non-hydrogen) atoms. The second-order valence-corrected chi connectivity index (χ2v) is 5.50. The van der Waals surface area contributed by atoms with E-state index in [4.69, 9.17) is 22.6 Å². The van der Waals surface area contributed by atoms with Crippen LogP contribution in [0.3, 0.4) is 0 Å². The lowest BCUT2D eigenvalue weighted by Crippen LogP contribution is -2.07. The van der Waals surface area contributed by atoms with Gasteiger partial charge in [-0.3, -0.25) is 0 Å². The molecule has 0 saturated heterocycles. The zero-order chi connectivity index (χ0) is 13.1. The summed E-state index contributed by atoms with van der Waals surface area (Å²) in [4.78, 5) is 5.25. The number of nitriles is 1. The molecule has 0 spiro atoms. The fraction of sp³-hybridized carbons (Fsp3) is 0.167. The number of hydrogen-bond acceptors (Lipinski definition) is 5. The molecule has 0 amide bonds. The Kier molecular flexibility index (Phi) is 3.70. The third-order valence-corrected chi connectivity index (χ3v) is 3.83. The molecule has 0 bridgehead atoms. The van der Waals surface area contributed by atoms with Crippen LogP contribution >= 0.6 is 22.9 Å². The van der Waals surface area contributed by atoms with Crippen LogP contribution in [0.1, 0.15) is 23.5 Å². The number of nitrogens with zero attached hydrogens (tertiary/aromatic N) is 2. The summed E-state index contributed by atoms with van der Waals surface area (Å²) >= 11 is 7.41. The summed E-state index contributed by atoms with van der Waals surface area (Å²) in [6.45, 7) is 2.01. The quantitative estimate of drug-likeness (QED) is 0.902. The minimum absolute atomic E-state index is 0.0742. The van der Waals surface area contributed by atoms with Gasteiger partial charge < -0.3 is 11.1 Å². The Hall–Kier alpha value is -1.77. The molecular formula is C12H11ClN4S. The summed E-state index contributed by atoms with van der Waals surface area (Å²) in [6.07, 6.45) is 0. The van der Waals surface area contributed by atoms with Crippen molar-refractivity contribution in [3.63, 3.8) is 0 Å². The van der Waals surface area contributed by atoms with Crippen LogP contribution in [0.4, 0.5) is 11.5 Å². The fourth-order valence-electron chi connectivity index (χ4n) is 1.49. The summed E-state index contributed by atoms with van der Waals surface area (Å²) in [5.74, 6) is 0.623. The van der Waals surface area contributed by atoms with Crippen LogP contribution in [-0.4, -0.2) is 4.98 Å². The van der Waals surface area contributed by atoms with Crippen LogP contribution in [0.5, 0.6) is 0 Å². The first-order valence-corrected chi connectivity index (χ1v) is 6.48. The first-order valence-electron chi connectivity index (χ1n) is 5.28. The molecular weight excluding hydrogens is 268 g/mol. The van der Waals surface area contributed by atoms with E-state index in [0.717, 1.165) is 9.21 Å². The van der Waals surface area contributed by atoms with Crippen LogP contribution in [-0.2, 0) is 0 Å². The lowest BCUT2D eigenvalue weighted by atomic mass is 10.2. The Bertz CT molecular complexity index is 602. The van der Waals surface area contributed by atoms with Crippen LogP contribution in [0.2, 0.25) is 4.34 Å². The number of thiophene rings is 1. The number of nitrogens with one attached hydrogen (secondary N) is 1. The van der Waals surface area contributed by atoms with E-state index < -0.39 is 0 Å². The van der Waals surface area contributed by atoms with Crippen LogP contribution < -0.4 is 11.1 Å². The summed E-state index contributed by atoms with van der Waals surface area (Å²) in [5, 5.41) is 12.1. The van der Waals surface area contributed by atoms with Crippen molar-refractivity contribution in [2.45, 2.75) is 13.0 Å². The maximum absolute atomic E-state index is 8.86. The third-order valence-electron chi connectivity index (χ3n) is 2.42. The maximum Gasteiger partial charge on any atom is 0.165 e. The zero-order valence-electron chi connectivity index (χ0n) is 9.64. The lowest BCUT2D eigenvalue weighted by molar-refractivity contribution is 0.896. The molecule has 6 heteroatoms. The average molecular weight is 279 g/mol. The molecule has 2 aromatic heterocycles. The van der Waals surface area contributed by atoms with Crippen molar-refractivity contribution in [2.24, 2.45) is 0 Å². The van der Waals surface area contributed by atoms with Crippen molar-refractivity contribution < 1.29 is 0 Å². The van der Waals surface area contributed by atoms with Crippen LogP contribution in [0.15, 0.2) is 24.3 Å². The van der Waals surface area contributed by atoms with E-state index in [1.807, 2.05) is 25.1 Å². The molecule has 0 fully saturated rings. The molecule has 2 aromatic rings. The van der Waals surface area contributed by atoms with E-state index in [2.05, 4.69) is 10.3 Å². The van der Waals surface area contributed by atoms with E-state index in [1.165, 1.54) is 11.3 Å². The molecule has 3 N–H and O–H groups in total. The predicted octanol–water partition coefficient (Wildman–Crippen LogP) is 3.42. The lowest BCUT2D eigenvalue weighted by Gasteiger charge is -2.13. The molecule has 0 aliphatic heterocycles. The zero-order valence-corrected chi connectivity index (χ0v) is 11.2. The summed E-state index contributed by atoms with van der Waals surface area (Å²) in [6, 6.07) is 9.28. The minimum Gasteiger partial charge on any atom is -0.396 e. The molecule has 1 atom stereocenters. The molecule has 2 heterocycles. The van der Waals surface area contributed by atoms with E-state index in [9.17, 15) is 0 Å². The van der Waals surface area contributed by atoms with E-state index in [0.29, 0.717) is 11.5 Å². The minimum atomic E-state index is 0.0742. The highest BCUT2D eigenvalue weighted by molar-refractivity contribution is 7.16. The molecule has 2 rings (SSSR count). The summed E-state index contributed by atoms with van der Waals surface area (Å²) in [7, 11) is 0. The van der Waals surface area contributed by atoms with Gasteiger partial charge in [-0.15, -0.1) is 11.3 Å². The van der Waals surface area contributed by atoms with Crippen LogP contribution in [0.25, 0.3) is 0 Å². The van der Waals surface area contributed by atoms with Gasteiger partial charge in [-0.25, -0.2) is 4.98 Å². The van der Waals surface area contributed by atoms with Crippen molar-refractivity contribution >= 4 is 34.4 Å². The van der Waals surface area contributed by atoms with E-state index >= 15 is 0 Å². The number of nitrogen functional groups attached to an aromatic ring is 1. The largest absolute Gasteiger partial charge is 0.396 e. The Labute approximate surface area is 114 Å². The highest BCUT2D eigenvalue weighted by atomic mass is 35.5. The van der Waals surface area contributed by atoms with Crippen molar-refractivity contribution in [3.8, 4) is 6.07 Å². The highest BCUT2D eigenvalue weighted by Gasteiger charge is 2.10. The molecule has 0 aromatic carbocycles. The number of anilines is 2. The molecule has 0 aliphatic rings. The normalized spacial score (nSPS) is 11.8. The topological polar surface area (TPSA) is 74.7 Å². The number of aromatic nitrogens is 1. The first-order chi connectivity index (χ1) is 8.60. The fourth-order valence-corrected chi connectivity index (χ4v) is 2.56. The van der Waals surface area contributed by atoms with Gasteiger partial charge in [-0.2, -0.15) is 5.26 Å². The third kappa shape index (κ3) is 2.73. The Morgan fingerprint density at radius 1 is 1.44 bits per heavy atom. The second-order valence-electron chi connectivity index (χ2n) is 3.75. The van der Waals surface area contributed by atoms with Gasteiger partial charge in [0, 0.05) is 4.88 Å². The van der Waals surface area contributed by atoms with Crippen molar-refractivity contribution in [2.75, 3.05) is 11.1 Å². The highest BCUT2D eigenvalue weighted by Crippen LogP contribution is 2.28. The number of hydrogen-bond donors (Lipinski definition) is 2. The number of rotatable bonds is 3. The number of nitrogens with two attached hydrogens (primary N) is 1. The SMILES string of the molecule is CC(Nc1ccc(N)c(C#N)n1)c1ccc(Cl)s1. The smallest absolute Gasteiger partial charge is 0.165 e. The van der Waals surface area contributed by atoms with Crippen molar-refractivity contribution in [3.05, 3.63) is 39.2 Å². The number of halogens is 1. The van der Waals surface area contributed by atoms with Crippen molar-refractivity contribution in [1.29, 1.82) is 5.26 Å². The van der Waals surface area contributed by atoms with E-state index in [-0.39, 0.29) is 11.7 Å². The summed E-state index contributed by atoms with van der Waals surface area (Å²) in [5.41, 5.74) is 6.23. The van der Waals surface area contributed by atoms with Gasteiger partial charge in [0.1, 0.15) is 11.9 Å². The van der Waals surface area contributed by atoms with Gasteiger partial charge in [0.25, 0.3) is 0 Å².